The van der Waals surface area contributed by atoms with Gasteiger partial charge in [-0.2, -0.15) is 0 Å². The Morgan fingerprint density at radius 2 is 2.27 bits per heavy atom. The number of rotatable bonds is 5. The van der Waals surface area contributed by atoms with Crippen LogP contribution in [0, 0.1) is 0 Å². The van der Waals surface area contributed by atoms with Crippen molar-refractivity contribution in [2.75, 3.05) is 6.54 Å². The predicted octanol–water partition coefficient (Wildman–Crippen LogP) is 2.01. The molecule has 0 amide bonds. The van der Waals surface area contributed by atoms with Crippen LogP contribution in [0.3, 0.4) is 0 Å². The lowest BCUT2D eigenvalue weighted by molar-refractivity contribution is 0.560. The molecule has 1 N–H and O–H groups in total. The minimum Gasteiger partial charge on any atom is -0.472 e. The zero-order chi connectivity index (χ0) is 10.3. The van der Waals surface area contributed by atoms with Crippen molar-refractivity contribution in [2.24, 2.45) is 0 Å². The molecule has 0 aliphatic carbocycles. The molecular formula is C12H14N2O. The average molecular weight is 202 g/mol. The summed E-state index contributed by atoms with van der Waals surface area (Å²) in [6.45, 7) is 1.81. The Morgan fingerprint density at radius 1 is 1.27 bits per heavy atom. The molecule has 0 saturated heterocycles. The number of nitrogens with zero attached hydrogens (tertiary/aromatic N) is 1. The number of aromatic nitrogens is 1. The number of nitrogens with one attached hydrogen (secondary N) is 1. The van der Waals surface area contributed by atoms with E-state index < -0.39 is 0 Å². The maximum atomic E-state index is 4.98. The normalized spacial score (nSPS) is 10.4. The van der Waals surface area contributed by atoms with E-state index in [9.17, 15) is 0 Å². The van der Waals surface area contributed by atoms with E-state index >= 15 is 0 Å². The van der Waals surface area contributed by atoms with Crippen molar-refractivity contribution in [1.29, 1.82) is 0 Å². The molecule has 3 nitrogen and oxygen atoms in total. The average Bonchev–Trinajstić information content (AvgIpc) is 2.79. The Kier molecular flexibility index (Phi) is 3.52. The van der Waals surface area contributed by atoms with Gasteiger partial charge in [0.25, 0.3) is 0 Å². The van der Waals surface area contributed by atoms with Crippen LogP contribution in [-0.4, -0.2) is 11.5 Å². The summed E-state index contributed by atoms with van der Waals surface area (Å²) in [6, 6.07) is 6.02. The van der Waals surface area contributed by atoms with Crippen LogP contribution in [-0.2, 0) is 13.0 Å². The first-order valence-electron chi connectivity index (χ1n) is 5.06. The second-order valence-electron chi connectivity index (χ2n) is 3.42. The quantitative estimate of drug-likeness (QED) is 0.754. The van der Waals surface area contributed by atoms with Gasteiger partial charge in [0.1, 0.15) is 0 Å². The third kappa shape index (κ3) is 3.22. The summed E-state index contributed by atoms with van der Waals surface area (Å²) < 4.78 is 4.98. The van der Waals surface area contributed by atoms with Gasteiger partial charge in [-0.15, -0.1) is 0 Å². The SMILES string of the molecule is c1cncc(CCNCc2ccoc2)c1. The summed E-state index contributed by atoms with van der Waals surface area (Å²) in [6.07, 6.45) is 8.16. The number of pyridine rings is 1. The van der Waals surface area contributed by atoms with Crippen LogP contribution in [0.25, 0.3) is 0 Å². The van der Waals surface area contributed by atoms with Crippen molar-refractivity contribution >= 4 is 0 Å². The summed E-state index contributed by atoms with van der Waals surface area (Å²) in [5.74, 6) is 0. The Labute approximate surface area is 89.1 Å². The maximum absolute atomic E-state index is 4.98. The van der Waals surface area contributed by atoms with Gasteiger partial charge < -0.3 is 9.73 Å². The molecule has 0 aliphatic rings. The zero-order valence-electron chi connectivity index (χ0n) is 8.52. The fraction of sp³-hybridized carbons (Fsp3) is 0.250. The molecule has 78 valence electrons. The second-order valence-corrected chi connectivity index (χ2v) is 3.42. The van der Waals surface area contributed by atoms with Crippen molar-refractivity contribution in [3.05, 3.63) is 54.2 Å². The molecule has 0 unspecified atom stereocenters. The topological polar surface area (TPSA) is 38.1 Å². The number of hydrogen-bond acceptors (Lipinski definition) is 3. The van der Waals surface area contributed by atoms with Crippen LogP contribution in [0.4, 0.5) is 0 Å². The monoisotopic (exact) mass is 202 g/mol. The second kappa shape index (κ2) is 5.32. The van der Waals surface area contributed by atoms with E-state index in [-0.39, 0.29) is 0 Å². The molecule has 0 atom stereocenters. The fourth-order valence-corrected chi connectivity index (χ4v) is 1.40. The summed E-state index contributed by atoms with van der Waals surface area (Å²) in [4.78, 5) is 4.07. The van der Waals surface area contributed by atoms with Crippen molar-refractivity contribution in [3.8, 4) is 0 Å². The van der Waals surface area contributed by atoms with Gasteiger partial charge in [-0.3, -0.25) is 4.98 Å². The molecule has 3 heteroatoms. The van der Waals surface area contributed by atoms with Gasteiger partial charge in [0.2, 0.25) is 0 Å². The fourth-order valence-electron chi connectivity index (χ4n) is 1.40. The summed E-state index contributed by atoms with van der Waals surface area (Å²) >= 11 is 0. The first-order valence-corrected chi connectivity index (χ1v) is 5.06. The molecule has 2 rings (SSSR count). The summed E-state index contributed by atoms with van der Waals surface area (Å²) in [7, 11) is 0. The molecule has 2 heterocycles. The molecular weight excluding hydrogens is 188 g/mol. The van der Waals surface area contributed by atoms with Crippen LogP contribution >= 0.6 is 0 Å². The smallest absolute Gasteiger partial charge is 0.0947 e. The standard InChI is InChI=1S/C12H14N2O/c1-2-11(8-13-5-1)3-6-14-9-12-4-7-15-10-12/h1-2,4-5,7-8,10,14H,3,6,9H2. The van der Waals surface area contributed by atoms with Gasteiger partial charge in [-0.1, -0.05) is 6.07 Å². The Hall–Kier alpha value is -1.61. The highest BCUT2D eigenvalue weighted by molar-refractivity contribution is 5.09. The molecule has 2 aromatic rings. The molecule has 15 heavy (non-hydrogen) atoms. The van der Waals surface area contributed by atoms with Crippen molar-refractivity contribution in [1.82, 2.24) is 10.3 Å². The lowest BCUT2D eigenvalue weighted by Gasteiger charge is -2.02. The van der Waals surface area contributed by atoms with E-state index in [0.29, 0.717) is 0 Å². The summed E-state index contributed by atoms with van der Waals surface area (Å²) in [5.41, 5.74) is 2.44. The highest BCUT2D eigenvalue weighted by atomic mass is 16.3. The van der Waals surface area contributed by atoms with E-state index in [0.717, 1.165) is 19.5 Å². The molecule has 0 aliphatic heterocycles. The van der Waals surface area contributed by atoms with Gasteiger partial charge >= 0.3 is 0 Å². The first kappa shape index (κ1) is 9.93. The van der Waals surface area contributed by atoms with Gasteiger partial charge in [-0.25, -0.2) is 0 Å². The van der Waals surface area contributed by atoms with Crippen LogP contribution in [0.2, 0.25) is 0 Å². The molecule has 0 aromatic carbocycles. The van der Waals surface area contributed by atoms with Crippen LogP contribution < -0.4 is 5.32 Å². The molecule has 0 radical (unpaired) electrons. The summed E-state index contributed by atoms with van der Waals surface area (Å²) in [5, 5.41) is 3.35. The molecule has 0 spiro atoms. The van der Waals surface area contributed by atoms with Gasteiger partial charge in [0.15, 0.2) is 0 Å². The zero-order valence-corrected chi connectivity index (χ0v) is 8.52. The van der Waals surface area contributed by atoms with E-state index in [4.69, 9.17) is 4.42 Å². The first-order chi connectivity index (χ1) is 7.45. The minimum atomic E-state index is 0.858. The Bertz CT molecular complexity index is 370. The van der Waals surface area contributed by atoms with Crippen molar-refractivity contribution in [2.45, 2.75) is 13.0 Å². The number of furan rings is 1. The molecule has 0 bridgehead atoms. The Balaban J connectivity index is 1.68. The predicted molar refractivity (Wildman–Crippen MR) is 58.4 cm³/mol. The van der Waals surface area contributed by atoms with Gasteiger partial charge in [-0.05, 0) is 30.7 Å². The highest BCUT2D eigenvalue weighted by Crippen LogP contribution is 1.99. The largest absolute Gasteiger partial charge is 0.472 e. The molecule has 2 aromatic heterocycles. The van der Waals surface area contributed by atoms with E-state index in [1.807, 2.05) is 18.3 Å². The Morgan fingerprint density at radius 3 is 3.00 bits per heavy atom. The van der Waals surface area contributed by atoms with Crippen molar-refractivity contribution in [3.63, 3.8) is 0 Å². The highest BCUT2D eigenvalue weighted by Gasteiger charge is 1.94. The van der Waals surface area contributed by atoms with Gasteiger partial charge in [0.05, 0.1) is 12.5 Å². The maximum Gasteiger partial charge on any atom is 0.0947 e. The van der Waals surface area contributed by atoms with Crippen LogP contribution in [0.15, 0.2) is 47.5 Å². The van der Waals surface area contributed by atoms with Crippen LogP contribution in [0.1, 0.15) is 11.1 Å². The third-order valence-electron chi connectivity index (χ3n) is 2.22. The third-order valence-corrected chi connectivity index (χ3v) is 2.22. The molecule has 0 saturated carbocycles. The van der Waals surface area contributed by atoms with E-state index in [1.165, 1.54) is 11.1 Å². The van der Waals surface area contributed by atoms with Gasteiger partial charge in [0, 0.05) is 24.5 Å². The van der Waals surface area contributed by atoms with Crippen molar-refractivity contribution < 1.29 is 4.42 Å². The van der Waals surface area contributed by atoms with E-state index in [2.05, 4.69) is 16.4 Å². The molecule has 0 fully saturated rings. The lowest BCUT2D eigenvalue weighted by atomic mass is 10.2. The lowest BCUT2D eigenvalue weighted by Crippen LogP contribution is -2.16. The van der Waals surface area contributed by atoms with Crippen LogP contribution in [0.5, 0.6) is 0 Å². The van der Waals surface area contributed by atoms with E-state index in [1.54, 1.807) is 18.7 Å². The minimum absolute atomic E-state index is 0.858. The number of hydrogen-bond donors (Lipinski definition) is 1.